The zero-order chi connectivity index (χ0) is 21.1. The number of benzene rings is 4. The Balaban J connectivity index is 1.93. The van der Waals surface area contributed by atoms with Gasteiger partial charge in [0.25, 0.3) is 0 Å². The molecule has 0 aliphatic rings. The van der Waals surface area contributed by atoms with Gasteiger partial charge in [-0.05, 0) is 60.7 Å². The molecule has 5 nitrogen and oxygen atoms in total. The largest absolute Gasteiger partial charge is 0.497 e. The molecule has 0 bridgehead atoms. The van der Waals surface area contributed by atoms with Gasteiger partial charge in [0.1, 0.15) is 11.5 Å². The smallest absolute Gasteiger partial charge is 0.335 e. The molecule has 0 unspecified atom stereocenters. The molecule has 4 aromatic carbocycles. The first-order valence-electron chi connectivity index (χ1n) is 9.45. The summed E-state index contributed by atoms with van der Waals surface area (Å²) in [4.78, 5) is 13.4. The van der Waals surface area contributed by atoms with Gasteiger partial charge in [-0.1, -0.05) is 24.3 Å². The average Bonchev–Trinajstić information content (AvgIpc) is 2.80. The van der Waals surface area contributed by atoms with Crippen molar-refractivity contribution in [2.45, 2.75) is 0 Å². The van der Waals surface area contributed by atoms with Crippen molar-refractivity contribution in [3.63, 3.8) is 0 Å². The number of hydrogen-bond donors (Lipinski definition) is 1. The molecule has 0 aromatic heterocycles. The number of methoxy groups -OCH3 is 2. The van der Waals surface area contributed by atoms with Crippen molar-refractivity contribution in [3.05, 3.63) is 90.5 Å². The lowest BCUT2D eigenvalue weighted by Gasteiger charge is -2.27. The Labute approximate surface area is 174 Å². The summed E-state index contributed by atoms with van der Waals surface area (Å²) in [5.74, 6) is 0.609. The monoisotopic (exact) mass is 399 g/mol. The van der Waals surface area contributed by atoms with Gasteiger partial charge in [0.05, 0.1) is 25.5 Å². The Bertz CT molecular complexity index is 1180. The number of carboxylic acid groups (broad SMARTS) is 1. The summed E-state index contributed by atoms with van der Waals surface area (Å²) in [6, 6.07) is 26.6. The number of hydrogen-bond acceptors (Lipinski definition) is 4. The normalized spacial score (nSPS) is 10.6. The summed E-state index contributed by atoms with van der Waals surface area (Å²) in [6.07, 6.45) is 0. The minimum absolute atomic E-state index is 0.244. The van der Waals surface area contributed by atoms with Crippen LogP contribution in [0, 0.1) is 0 Å². The zero-order valence-corrected chi connectivity index (χ0v) is 16.7. The molecule has 0 spiro atoms. The summed E-state index contributed by atoms with van der Waals surface area (Å²) in [7, 11) is 3.29. The number of ether oxygens (including phenoxy) is 2. The fourth-order valence-electron chi connectivity index (χ4n) is 3.55. The summed E-state index contributed by atoms with van der Waals surface area (Å²) < 4.78 is 10.8. The van der Waals surface area contributed by atoms with Crippen LogP contribution >= 0.6 is 0 Å². The van der Waals surface area contributed by atoms with Gasteiger partial charge in [-0.3, -0.25) is 0 Å². The Morgan fingerprint density at radius 3 is 1.93 bits per heavy atom. The Morgan fingerprint density at radius 1 is 0.733 bits per heavy atom. The SMILES string of the molecule is COc1ccc(N(c2ccc(C(=O)O)cc2)c2cccc3c(OC)cccc23)cc1. The van der Waals surface area contributed by atoms with Gasteiger partial charge in [0.15, 0.2) is 0 Å². The van der Waals surface area contributed by atoms with Crippen LogP contribution in [0.5, 0.6) is 11.5 Å². The molecule has 0 heterocycles. The van der Waals surface area contributed by atoms with Gasteiger partial charge in [-0.25, -0.2) is 4.79 Å². The van der Waals surface area contributed by atoms with Crippen LogP contribution in [0.1, 0.15) is 10.4 Å². The summed E-state index contributed by atoms with van der Waals surface area (Å²) >= 11 is 0. The number of anilines is 3. The minimum Gasteiger partial charge on any atom is -0.497 e. The molecule has 5 heteroatoms. The second-order valence-electron chi connectivity index (χ2n) is 6.72. The van der Waals surface area contributed by atoms with Crippen molar-refractivity contribution in [1.82, 2.24) is 0 Å². The van der Waals surface area contributed by atoms with Gasteiger partial charge >= 0.3 is 5.97 Å². The Kier molecular flexibility index (Phi) is 5.26. The molecule has 150 valence electrons. The van der Waals surface area contributed by atoms with Gasteiger partial charge in [-0.15, -0.1) is 0 Å². The highest BCUT2D eigenvalue weighted by Crippen LogP contribution is 2.41. The second-order valence-corrected chi connectivity index (χ2v) is 6.72. The molecule has 4 aromatic rings. The van der Waals surface area contributed by atoms with E-state index in [1.165, 1.54) is 0 Å². The average molecular weight is 399 g/mol. The van der Waals surface area contributed by atoms with Crippen LogP contribution in [-0.2, 0) is 0 Å². The first-order chi connectivity index (χ1) is 14.6. The zero-order valence-electron chi connectivity index (χ0n) is 16.7. The number of nitrogens with zero attached hydrogens (tertiary/aromatic N) is 1. The van der Waals surface area contributed by atoms with E-state index in [4.69, 9.17) is 9.47 Å². The fraction of sp³-hybridized carbons (Fsp3) is 0.0800. The highest BCUT2D eigenvalue weighted by molar-refractivity contribution is 6.01. The first kappa shape index (κ1) is 19.3. The molecule has 0 amide bonds. The van der Waals surface area contributed by atoms with Gasteiger partial charge < -0.3 is 19.5 Å². The predicted molar refractivity (Wildman–Crippen MR) is 119 cm³/mol. The standard InChI is InChI=1S/C25H21NO4/c1-29-20-15-13-19(14-16-20)26(18-11-9-17(10-12-18)25(27)28)23-7-3-6-22-21(23)5-4-8-24(22)30-2/h3-16H,1-2H3,(H,27,28). The van der Waals surface area contributed by atoms with E-state index in [1.807, 2.05) is 66.7 Å². The van der Waals surface area contributed by atoms with Crippen molar-refractivity contribution in [2.75, 3.05) is 19.1 Å². The number of rotatable bonds is 6. The van der Waals surface area contributed by atoms with E-state index in [9.17, 15) is 9.90 Å². The maximum Gasteiger partial charge on any atom is 0.335 e. The lowest BCUT2D eigenvalue weighted by atomic mass is 10.1. The second kappa shape index (κ2) is 8.17. The number of carbonyl (C=O) groups is 1. The first-order valence-corrected chi connectivity index (χ1v) is 9.45. The Morgan fingerprint density at radius 2 is 1.33 bits per heavy atom. The fourth-order valence-corrected chi connectivity index (χ4v) is 3.55. The summed E-state index contributed by atoms with van der Waals surface area (Å²) in [5, 5.41) is 11.3. The maximum absolute atomic E-state index is 11.3. The summed E-state index contributed by atoms with van der Waals surface area (Å²) in [5.41, 5.74) is 2.97. The summed E-state index contributed by atoms with van der Waals surface area (Å²) in [6.45, 7) is 0. The van der Waals surface area contributed by atoms with Gasteiger partial charge in [0, 0.05) is 22.1 Å². The van der Waals surface area contributed by atoms with Crippen molar-refractivity contribution >= 4 is 33.8 Å². The molecule has 0 saturated heterocycles. The molecule has 0 atom stereocenters. The molecular weight excluding hydrogens is 378 g/mol. The van der Waals surface area contributed by atoms with Crippen LogP contribution < -0.4 is 14.4 Å². The van der Waals surface area contributed by atoms with Crippen LogP contribution in [-0.4, -0.2) is 25.3 Å². The molecule has 0 radical (unpaired) electrons. The number of carboxylic acids is 1. The third kappa shape index (κ3) is 3.53. The van der Waals surface area contributed by atoms with Crippen LogP contribution in [0.3, 0.4) is 0 Å². The van der Waals surface area contributed by atoms with Crippen LogP contribution in [0.4, 0.5) is 17.1 Å². The van der Waals surface area contributed by atoms with Crippen LogP contribution in [0.15, 0.2) is 84.9 Å². The van der Waals surface area contributed by atoms with Crippen molar-refractivity contribution in [2.24, 2.45) is 0 Å². The molecule has 1 N–H and O–H groups in total. The molecule has 0 saturated carbocycles. The van der Waals surface area contributed by atoms with E-state index in [2.05, 4.69) is 11.0 Å². The topological polar surface area (TPSA) is 59.0 Å². The van der Waals surface area contributed by atoms with E-state index in [0.29, 0.717) is 0 Å². The van der Waals surface area contributed by atoms with E-state index < -0.39 is 5.97 Å². The predicted octanol–water partition coefficient (Wildman–Crippen LogP) is 6.03. The Hall–Kier alpha value is -3.99. The molecule has 0 aliphatic carbocycles. The third-order valence-electron chi connectivity index (χ3n) is 5.02. The minimum atomic E-state index is -0.951. The van der Waals surface area contributed by atoms with Crippen LogP contribution in [0.25, 0.3) is 10.8 Å². The van der Waals surface area contributed by atoms with Gasteiger partial charge in [-0.2, -0.15) is 0 Å². The lowest BCUT2D eigenvalue weighted by molar-refractivity contribution is 0.0697. The van der Waals surface area contributed by atoms with Crippen molar-refractivity contribution in [1.29, 1.82) is 0 Å². The molecule has 0 fully saturated rings. The highest BCUT2D eigenvalue weighted by Gasteiger charge is 2.17. The van der Waals surface area contributed by atoms with E-state index in [0.717, 1.165) is 39.3 Å². The van der Waals surface area contributed by atoms with Crippen molar-refractivity contribution < 1.29 is 19.4 Å². The van der Waals surface area contributed by atoms with E-state index in [-0.39, 0.29) is 5.56 Å². The third-order valence-corrected chi connectivity index (χ3v) is 5.02. The molecule has 30 heavy (non-hydrogen) atoms. The highest BCUT2D eigenvalue weighted by atomic mass is 16.5. The lowest BCUT2D eigenvalue weighted by Crippen LogP contribution is -2.11. The maximum atomic E-state index is 11.3. The van der Waals surface area contributed by atoms with Crippen LogP contribution in [0.2, 0.25) is 0 Å². The van der Waals surface area contributed by atoms with E-state index in [1.54, 1.807) is 26.4 Å². The quantitative estimate of drug-likeness (QED) is 0.429. The number of aromatic carboxylic acids is 1. The molecular formula is C25H21NO4. The number of fused-ring (bicyclic) bond motifs is 1. The molecule has 4 rings (SSSR count). The van der Waals surface area contributed by atoms with Crippen molar-refractivity contribution in [3.8, 4) is 11.5 Å². The molecule has 0 aliphatic heterocycles. The van der Waals surface area contributed by atoms with Gasteiger partial charge in [0.2, 0.25) is 0 Å². The van der Waals surface area contributed by atoms with E-state index >= 15 is 0 Å².